The molecule has 10 unspecified atom stereocenters. The van der Waals surface area contributed by atoms with Gasteiger partial charge in [-0.25, -0.2) is 0 Å². The van der Waals surface area contributed by atoms with Crippen molar-refractivity contribution in [3.8, 4) is 0 Å². The Hall–Kier alpha value is -0.260. The summed E-state index contributed by atoms with van der Waals surface area (Å²) in [5.74, 6) is 12.4. The zero-order valence-electron chi connectivity index (χ0n) is 9.60. The summed E-state index contributed by atoms with van der Waals surface area (Å²) in [7, 11) is 0. The molecule has 0 saturated heterocycles. The molecule has 7 rings (SSSR count). The van der Waals surface area contributed by atoms with Crippen LogP contribution >= 0.6 is 0 Å². The average molecular weight is 210 g/mol. The van der Waals surface area contributed by atoms with Gasteiger partial charge in [0.15, 0.2) is 0 Å². The smallest absolute Gasteiger partial charge is 0.00975 e. The predicted octanol–water partition coefficient (Wildman–Crippen LogP) is 3.10. The van der Waals surface area contributed by atoms with Gasteiger partial charge >= 0.3 is 0 Å². The van der Waals surface area contributed by atoms with Crippen molar-refractivity contribution in [3.63, 3.8) is 0 Å². The molecule has 16 heavy (non-hydrogen) atoms. The van der Waals surface area contributed by atoms with Crippen LogP contribution in [0.15, 0.2) is 11.1 Å². The third-order valence-electron chi connectivity index (χ3n) is 8.58. The molecule has 0 radical (unpaired) electrons. The highest BCUT2D eigenvalue weighted by atomic mass is 14.9. The third-order valence-corrected chi connectivity index (χ3v) is 8.58. The Morgan fingerprint density at radius 2 is 1.06 bits per heavy atom. The fourth-order valence-electron chi connectivity index (χ4n) is 8.05. The van der Waals surface area contributed by atoms with Crippen molar-refractivity contribution in [2.75, 3.05) is 0 Å². The Morgan fingerprint density at radius 1 is 0.562 bits per heavy atom. The van der Waals surface area contributed by atoms with E-state index in [2.05, 4.69) is 0 Å². The topological polar surface area (TPSA) is 0 Å². The van der Waals surface area contributed by atoms with Gasteiger partial charge in [-0.3, -0.25) is 0 Å². The maximum Gasteiger partial charge on any atom is -0.00975 e. The summed E-state index contributed by atoms with van der Waals surface area (Å²) in [5, 5.41) is 0. The summed E-state index contributed by atoms with van der Waals surface area (Å²) in [6.07, 6.45) is 6.26. The lowest BCUT2D eigenvalue weighted by atomic mass is 9.15. The van der Waals surface area contributed by atoms with Crippen molar-refractivity contribution in [1.29, 1.82) is 0 Å². The largest absolute Gasteiger partial charge is 0.0664 e. The first kappa shape index (κ1) is 7.24. The van der Waals surface area contributed by atoms with E-state index in [1.165, 1.54) is 72.0 Å². The van der Waals surface area contributed by atoms with Crippen LogP contribution < -0.4 is 0 Å². The van der Waals surface area contributed by atoms with E-state index in [9.17, 15) is 0 Å². The molecule has 0 amide bonds. The lowest BCUT2D eigenvalue weighted by Crippen LogP contribution is -2.84. The van der Waals surface area contributed by atoms with Gasteiger partial charge in [0, 0.05) is 0 Å². The Kier molecular flexibility index (Phi) is 0.797. The Bertz CT molecular complexity index is 442. The minimum absolute atomic E-state index is 1.18. The summed E-state index contributed by atoms with van der Waals surface area (Å²) in [6, 6.07) is 0. The Balaban J connectivity index is 1.32. The van der Waals surface area contributed by atoms with E-state index in [0.29, 0.717) is 0 Å². The van der Waals surface area contributed by atoms with E-state index in [-0.39, 0.29) is 0 Å². The second-order valence-electron chi connectivity index (χ2n) is 7.97. The van der Waals surface area contributed by atoms with Crippen LogP contribution in [0.1, 0.15) is 25.7 Å². The first-order valence-corrected chi connectivity index (χ1v) is 7.68. The van der Waals surface area contributed by atoms with E-state index >= 15 is 0 Å². The SMILES string of the molecule is C1CC2=C1C1C2C2C1C1C3C4CCC4C3C21. The van der Waals surface area contributed by atoms with E-state index in [1.807, 2.05) is 11.1 Å². The molecule has 0 aromatic rings. The minimum Gasteiger partial charge on any atom is -0.0664 e. The summed E-state index contributed by atoms with van der Waals surface area (Å²) < 4.78 is 0. The lowest BCUT2D eigenvalue weighted by molar-refractivity contribution is -0.391. The summed E-state index contributed by atoms with van der Waals surface area (Å²) in [4.78, 5) is 0. The molecule has 0 heteroatoms. The van der Waals surface area contributed by atoms with E-state index in [4.69, 9.17) is 0 Å². The maximum absolute atomic E-state index is 1.98. The molecule has 5 fully saturated rings. The fourth-order valence-corrected chi connectivity index (χ4v) is 8.05. The van der Waals surface area contributed by atoms with Gasteiger partial charge in [0.05, 0.1) is 0 Å². The Labute approximate surface area is 96.5 Å². The monoisotopic (exact) mass is 210 g/mol. The molecule has 0 aliphatic heterocycles. The maximum atomic E-state index is 1.98. The van der Waals surface area contributed by atoms with Gasteiger partial charge in [0.1, 0.15) is 0 Å². The summed E-state index contributed by atoms with van der Waals surface area (Å²) in [5.41, 5.74) is 3.97. The van der Waals surface area contributed by atoms with Crippen molar-refractivity contribution in [3.05, 3.63) is 11.1 Å². The molecule has 7 aliphatic carbocycles. The van der Waals surface area contributed by atoms with Gasteiger partial charge in [-0.05, 0) is 84.9 Å². The molecular formula is C16H18. The van der Waals surface area contributed by atoms with Crippen molar-refractivity contribution in [1.82, 2.24) is 0 Å². The van der Waals surface area contributed by atoms with Crippen LogP contribution in [0.3, 0.4) is 0 Å². The molecule has 0 heterocycles. The molecular weight excluding hydrogens is 192 g/mol. The van der Waals surface area contributed by atoms with Gasteiger partial charge in [-0.15, -0.1) is 0 Å². The molecule has 0 N–H and O–H groups in total. The quantitative estimate of drug-likeness (QED) is 0.426. The van der Waals surface area contributed by atoms with Gasteiger partial charge in [0.2, 0.25) is 0 Å². The number of fused-ring (bicyclic) bond motifs is 15. The van der Waals surface area contributed by atoms with Crippen LogP contribution in [-0.2, 0) is 0 Å². The zero-order chi connectivity index (χ0) is 9.76. The van der Waals surface area contributed by atoms with Crippen molar-refractivity contribution in [2.24, 2.45) is 59.2 Å². The summed E-state index contributed by atoms with van der Waals surface area (Å²) >= 11 is 0. The molecule has 0 bridgehead atoms. The van der Waals surface area contributed by atoms with Gasteiger partial charge in [-0.2, -0.15) is 0 Å². The highest BCUT2D eigenvalue weighted by Crippen LogP contribution is 2.89. The number of allylic oxidation sites excluding steroid dienone is 2. The fraction of sp³-hybridized carbons (Fsp3) is 0.875. The number of hydrogen-bond acceptors (Lipinski definition) is 0. The second-order valence-corrected chi connectivity index (χ2v) is 7.97. The zero-order valence-corrected chi connectivity index (χ0v) is 9.60. The van der Waals surface area contributed by atoms with Gasteiger partial charge in [0.25, 0.3) is 0 Å². The minimum atomic E-state index is 1.18. The van der Waals surface area contributed by atoms with Crippen LogP contribution in [0.5, 0.6) is 0 Å². The average Bonchev–Trinajstić information content (AvgIpc) is 2.19. The van der Waals surface area contributed by atoms with E-state index in [0.717, 1.165) is 0 Å². The Morgan fingerprint density at radius 3 is 1.44 bits per heavy atom. The van der Waals surface area contributed by atoms with E-state index in [1.54, 1.807) is 12.8 Å². The molecule has 5 saturated carbocycles. The van der Waals surface area contributed by atoms with Gasteiger partial charge < -0.3 is 0 Å². The van der Waals surface area contributed by atoms with Crippen molar-refractivity contribution >= 4 is 0 Å². The van der Waals surface area contributed by atoms with E-state index < -0.39 is 0 Å². The second kappa shape index (κ2) is 1.76. The molecule has 10 atom stereocenters. The summed E-state index contributed by atoms with van der Waals surface area (Å²) in [6.45, 7) is 0. The van der Waals surface area contributed by atoms with Gasteiger partial charge in [-0.1, -0.05) is 11.1 Å². The van der Waals surface area contributed by atoms with Crippen molar-refractivity contribution < 1.29 is 0 Å². The molecule has 0 aromatic carbocycles. The first-order chi connectivity index (χ1) is 7.97. The van der Waals surface area contributed by atoms with Crippen LogP contribution in [0.25, 0.3) is 0 Å². The predicted molar refractivity (Wildman–Crippen MR) is 60.4 cm³/mol. The molecule has 82 valence electrons. The lowest BCUT2D eigenvalue weighted by Gasteiger charge is -2.89. The molecule has 0 nitrogen and oxygen atoms in total. The van der Waals surface area contributed by atoms with Crippen LogP contribution in [0.4, 0.5) is 0 Å². The normalized spacial score (nSPS) is 78.0. The molecule has 0 spiro atoms. The molecule has 0 aromatic heterocycles. The highest BCUT2D eigenvalue weighted by Gasteiger charge is 2.84. The first-order valence-electron chi connectivity index (χ1n) is 7.68. The highest BCUT2D eigenvalue weighted by molar-refractivity contribution is 5.50. The molecule has 7 aliphatic rings. The number of rotatable bonds is 0. The van der Waals surface area contributed by atoms with Crippen molar-refractivity contribution in [2.45, 2.75) is 25.7 Å². The van der Waals surface area contributed by atoms with Crippen LogP contribution in [-0.4, -0.2) is 0 Å². The van der Waals surface area contributed by atoms with Crippen LogP contribution in [0.2, 0.25) is 0 Å². The standard InChI is InChI=1S/C16H18/c1-2-6-5(1)9-10(6)14-13(9)15-11-7-3-4-8(7)12(11)16(14)15/h5-6,9-16H,1-4H2. The third kappa shape index (κ3) is 0.410. The van der Waals surface area contributed by atoms with Crippen LogP contribution in [0, 0.1) is 59.2 Å². The number of hydrogen-bond donors (Lipinski definition) is 0.